The molecule has 1 saturated heterocycles. The minimum absolute atomic E-state index is 0.0750. The number of carbonyl (C=O) groups excluding carboxylic acids is 1. The highest BCUT2D eigenvalue weighted by atomic mass is 32.1. The smallest absolute Gasteiger partial charge is 0.251 e. The highest BCUT2D eigenvalue weighted by molar-refractivity contribution is 7.00. The summed E-state index contributed by atoms with van der Waals surface area (Å²) in [5, 5.41) is 3.05. The Morgan fingerprint density at radius 1 is 1.06 bits per heavy atom. The normalized spacial score (nSPS) is 15.7. The molecule has 1 N–H and O–H groups in total. The van der Waals surface area contributed by atoms with E-state index >= 15 is 0 Å². The van der Waals surface area contributed by atoms with Gasteiger partial charge >= 0.3 is 0 Å². The number of anilines is 1. The van der Waals surface area contributed by atoms with Crippen LogP contribution in [0.15, 0.2) is 65.3 Å². The number of nitrogens with zero attached hydrogens (tertiary/aromatic N) is 4. The lowest BCUT2D eigenvalue weighted by atomic mass is 10.1. The van der Waals surface area contributed by atoms with E-state index in [1.807, 2.05) is 30.3 Å². The summed E-state index contributed by atoms with van der Waals surface area (Å²) in [6.07, 6.45) is 1.65. The zero-order chi connectivity index (χ0) is 21.9. The molecule has 0 bridgehead atoms. The second-order valence-corrected chi connectivity index (χ2v) is 8.24. The van der Waals surface area contributed by atoms with Crippen molar-refractivity contribution in [1.82, 2.24) is 19.0 Å². The van der Waals surface area contributed by atoms with Crippen molar-refractivity contribution in [2.45, 2.75) is 6.04 Å². The summed E-state index contributed by atoms with van der Waals surface area (Å²) in [4.78, 5) is 17.3. The number of hydrogen-bond donors (Lipinski definition) is 1. The van der Waals surface area contributed by atoms with Crippen LogP contribution in [0.4, 0.5) is 10.1 Å². The first-order chi connectivity index (χ1) is 15.7. The van der Waals surface area contributed by atoms with E-state index in [1.54, 1.807) is 18.4 Å². The summed E-state index contributed by atoms with van der Waals surface area (Å²) >= 11 is 1.13. The Kier molecular flexibility index (Phi) is 5.83. The third kappa shape index (κ3) is 4.35. The van der Waals surface area contributed by atoms with Crippen molar-refractivity contribution < 1.29 is 13.6 Å². The van der Waals surface area contributed by atoms with Crippen LogP contribution in [-0.2, 0) is 0 Å². The first-order valence-corrected chi connectivity index (χ1v) is 11.2. The maximum Gasteiger partial charge on any atom is 0.251 e. The summed E-state index contributed by atoms with van der Waals surface area (Å²) in [6.45, 7) is 3.65. The van der Waals surface area contributed by atoms with E-state index in [2.05, 4.69) is 23.9 Å². The van der Waals surface area contributed by atoms with Gasteiger partial charge in [-0.2, -0.15) is 8.75 Å². The Balaban J connectivity index is 1.25. The van der Waals surface area contributed by atoms with Gasteiger partial charge in [0.1, 0.15) is 22.6 Å². The molecule has 5 rings (SSSR count). The van der Waals surface area contributed by atoms with Gasteiger partial charge in [0, 0.05) is 44.0 Å². The number of aromatic nitrogens is 2. The van der Waals surface area contributed by atoms with Crippen molar-refractivity contribution in [1.29, 1.82) is 0 Å². The minimum atomic E-state index is -0.230. The molecule has 164 valence electrons. The lowest BCUT2D eigenvalue weighted by Crippen LogP contribution is -2.49. The van der Waals surface area contributed by atoms with E-state index in [0.29, 0.717) is 12.1 Å². The SMILES string of the molecule is O=C(NCC(c1ccco1)N1CCN(c2ccc(F)cc2)CC1)c1ccc2nsnc2c1. The molecule has 4 aromatic rings. The molecule has 2 aromatic carbocycles. The second-order valence-electron chi connectivity index (χ2n) is 7.71. The number of amides is 1. The van der Waals surface area contributed by atoms with Crippen LogP contribution < -0.4 is 10.2 Å². The van der Waals surface area contributed by atoms with Gasteiger partial charge in [0.2, 0.25) is 0 Å². The zero-order valence-electron chi connectivity index (χ0n) is 17.3. The van der Waals surface area contributed by atoms with Crippen LogP contribution in [0.1, 0.15) is 22.2 Å². The molecule has 1 aliphatic heterocycles. The molecule has 1 aliphatic rings. The predicted molar refractivity (Wildman–Crippen MR) is 121 cm³/mol. The van der Waals surface area contributed by atoms with E-state index in [0.717, 1.165) is 60.4 Å². The molecular weight excluding hydrogens is 429 g/mol. The Morgan fingerprint density at radius 3 is 2.59 bits per heavy atom. The van der Waals surface area contributed by atoms with Gasteiger partial charge in [-0.25, -0.2) is 4.39 Å². The Labute approximate surface area is 188 Å². The lowest BCUT2D eigenvalue weighted by molar-refractivity contribution is 0.0923. The van der Waals surface area contributed by atoms with E-state index < -0.39 is 0 Å². The summed E-state index contributed by atoms with van der Waals surface area (Å²) in [6, 6.07) is 15.7. The zero-order valence-corrected chi connectivity index (χ0v) is 18.1. The Hall–Kier alpha value is -3.30. The second kappa shape index (κ2) is 9.05. The van der Waals surface area contributed by atoms with E-state index in [-0.39, 0.29) is 17.8 Å². The number of nitrogens with one attached hydrogen (secondary N) is 1. The van der Waals surface area contributed by atoms with Gasteiger partial charge in [-0.1, -0.05) is 0 Å². The molecule has 0 radical (unpaired) electrons. The van der Waals surface area contributed by atoms with Crippen LogP contribution in [0.3, 0.4) is 0 Å². The molecule has 2 aromatic heterocycles. The van der Waals surface area contributed by atoms with Gasteiger partial charge in [0.25, 0.3) is 5.91 Å². The van der Waals surface area contributed by atoms with Crippen LogP contribution in [-0.4, -0.2) is 52.3 Å². The fourth-order valence-electron chi connectivity index (χ4n) is 4.05. The first-order valence-electron chi connectivity index (χ1n) is 10.5. The third-order valence-corrected chi connectivity index (χ3v) is 6.35. The van der Waals surface area contributed by atoms with Crippen LogP contribution >= 0.6 is 11.7 Å². The number of benzene rings is 2. The van der Waals surface area contributed by atoms with Gasteiger partial charge < -0.3 is 14.6 Å². The molecule has 1 atom stereocenters. The molecule has 0 aliphatic carbocycles. The van der Waals surface area contributed by atoms with Crippen LogP contribution in [0.2, 0.25) is 0 Å². The highest BCUT2D eigenvalue weighted by Crippen LogP contribution is 2.25. The quantitative estimate of drug-likeness (QED) is 0.482. The van der Waals surface area contributed by atoms with Crippen molar-refractivity contribution >= 4 is 34.4 Å². The van der Waals surface area contributed by atoms with Crippen molar-refractivity contribution in [3.63, 3.8) is 0 Å². The van der Waals surface area contributed by atoms with Crippen molar-refractivity contribution in [3.8, 4) is 0 Å². The van der Waals surface area contributed by atoms with Crippen LogP contribution in [0.25, 0.3) is 11.0 Å². The van der Waals surface area contributed by atoms with E-state index in [1.165, 1.54) is 12.1 Å². The standard InChI is InChI=1S/C23H22FN5O2S/c24-17-4-6-18(7-5-17)28-9-11-29(12-10-28)21(22-2-1-13-31-22)15-25-23(30)16-3-8-19-20(14-16)27-32-26-19/h1-8,13-14,21H,9-12,15H2,(H,25,30). The van der Waals surface area contributed by atoms with Crippen molar-refractivity contribution in [3.05, 3.63) is 78.0 Å². The highest BCUT2D eigenvalue weighted by Gasteiger charge is 2.27. The molecular formula is C23H22FN5O2S. The number of furan rings is 1. The average molecular weight is 452 g/mol. The summed E-state index contributed by atoms with van der Waals surface area (Å²) < 4.78 is 27.3. The average Bonchev–Trinajstić information content (AvgIpc) is 3.52. The van der Waals surface area contributed by atoms with Crippen molar-refractivity contribution in [2.24, 2.45) is 0 Å². The molecule has 32 heavy (non-hydrogen) atoms. The summed E-state index contributed by atoms with van der Waals surface area (Å²) in [5.74, 6) is 0.437. The summed E-state index contributed by atoms with van der Waals surface area (Å²) in [7, 11) is 0. The Morgan fingerprint density at radius 2 is 1.84 bits per heavy atom. The monoisotopic (exact) mass is 451 g/mol. The molecule has 0 saturated carbocycles. The molecule has 9 heteroatoms. The van der Waals surface area contributed by atoms with E-state index in [4.69, 9.17) is 4.42 Å². The topological polar surface area (TPSA) is 74.5 Å². The number of carbonyl (C=O) groups is 1. The molecule has 1 amide bonds. The van der Waals surface area contributed by atoms with Gasteiger partial charge in [0.15, 0.2) is 0 Å². The first kappa shape index (κ1) is 20.6. The fraction of sp³-hybridized carbons (Fsp3) is 0.261. The van der Waals surface area contributed by atoms with Gasteiger partial charge in [0.05, 0.1) is 24.0 Å². The number of piperazine rings is 1. The van der Waals surface area contributed by atoms with Crippen LogP contribution in [0, 0.1) is 5.82 Å². The lowest BCUT2D eigenvalue weighted by Gasteiger charge is -2.39. The maximum atomic E-state index is 13.2. The largest absolute Gasteiger partial charge is 0.468 e. The summed E-state index contributed by atoms with van der Waals surface area (Å²) in [5.41, 5.74) is 3.09. The molecule has 3 heterocycles. The number of halogens is 1. The molecule has 7 nitrogen and oxygen atoms in total. The third-order valence-electron chi connectivity index (χ3n) is 5.79. The van der Waals surface area contributed by atoms with E-state index in [9.17, 15) is 9.18 Å². The fourth-order valence-corrected chi connectivity index (χ4v) is 4.57. The van der Waals surface area contributed by atoms with Gasteiger partial charge in [-0.15, -0.1) is 0 Å². The Bertz CT molecular complexity index is 1190. The van der Waals surface area contributed by atoms with Crippen LogP contribution in [0.5, 0.6) is 0 Å². The maximum absolute atomic E-state index is 13.2. The van der Waals surface area contributed by atoms with Gasteiger partial charge in [-0.3, -0.25) is 9.69 Å². The minimum Gasteiger partial charge on any atom is -0.468 e. The molecule has 1 fully saturated rings. The number of fused-ring (bicyclic) bond motifs is 1. The van der Waals surface area contributed by atoms with Crippen molar-refractivity contribution in [2.75, 3.05) is 37.6 Å². The number of hydrogen-bond acceptors (Lipinski definition) is 7. The molecule has 1 unspecified atom stereocenters. The molecule has 0 spiro atoms. The van der Waals surface area contributed by atoms with Gasteiger partial charge in [-0.05, 0) is 54.6 Å². The number of rotatable bonds is 6. The predicted octanol–water partition coefficient (Wildman–Crippen LogP) is 3.72.